The molecule has 4 nitrogen and oxygen atoms in total. The van der Waals surface area contributed by atoms with Crippen molar-refractivity contribution in [3.8, 4) is 0 Å². The molecule has 2 rings (SSSR count). The lowest BCUT2D eigenvalue weighted by molar-refractivity contribution is 0.282. The number of aliphatic hydroxyl groups is 1. The SMILES string of the molecule is OCCCCCCc1cn(Cc2ccccc2)nn1. The molecule has 0 amide bonds. The Morgan fingerprint density at radius 3 is 2.58 bits per heavy atom. The summed E-state index contributed by atoms with van der Waals surface area (Å²) in [6.45, 7) is 1.08. The van der Waals surface area contributed by atoms with E-state index in [0.29, 0.717) is 6.61 Å². The van der Waals surface area contributed by atoms with Gasteiger partial charge in [-0.1, -0.05) is 48.4 Å². The van der Waals surface area contributed by atoms with E-state index in [2.05, 4.69) is 22.4 Å². The maximum Gasteiger partial charge on any atom is 0.0827 e. The molecule has 0 bridgehead atoms. The van der Waals surface area contributed by atoms with Crippen molar-refractivity contribution >= 4 is 0 Å². The predicted molar refractivity (Wildman–Crippen MR) is 74.8 cm³/mol. The largest absolute Gasteiger partial charge is 0.396 e. The molecule has 4 heteroatoms. The first-order valence-corrected chi connectivity index (χ1v) is 6.92. The lowest BCUT2D eigenvalue weighted by Crippen LogP contribution is -1.99. The molecule has 0 aliphatic carbocycles. The summed E-state index contributed by atoms with van der Waals surface area (Å²) in [4.78, 5) is 0. The average molecular weight is 259 g/mol. The molecule has 2 aromatic rings. The van der Waals surface area contributed by atoms with Gasteiger partial charge >= 0.3 is 0 Å². The van der Waals surface area contributed by atoms with Crippen molar-refractivity contribution in [2.24, 2.45) is 0 Å². The zero-order chi connectivity index (χ0) is 13.3. The molecule has 1 heterocycles. The molecule has 1 aromatic heterocycles. The van der Waals surface area contributed by atoms with Gasteiger partial charge in [-0.3, -0.25) is 0 Å². The predicted octanol–water partition coefficient (Wildman–Crippen LogP) is 2.42. The third kappa shape index (κ3) is 4.83. The summed E-state index contributed by atoms with van der Waals surface area (Å²) in [7, 11) is 0. The smallest absolute Gasteiger partial charge is 0.0827 e. The van der Waals surface area contributed by atoms with Crippen LogP contribution in [0, 0.1) is 0 Å². The second kappa shape index (κ2) is 7.69. The molecule has 0 spiro atoms. The van der Waals surface area contributed by atoms with Crippen LogP contribution in [0.1, 0.15) is 36.9 Å². The Bertz CT molecular complexity index is 467. The highest BCUT2D eigenvalue weighted by Crippen LogP contribution is 2.06. The number of aliphatic hydroxyl groups excluding tert-OH is 1. The summed E-state index contributed by atoms with van der Waals surface area (Å²) in [6, 6.07) is 10.3. The van der Waals surface area contributed by atoms with Crippen LogP contribution >= 0.6 is 0 Å². The number of rotatable bonds is 8. The summed E-state index contributed by atoms with van der Waals surface area (Å²) < 4.78 is 1.89. The molecule has 1 N–H and O–H groups in total. The Labute approximate surface area is 114 Å². The van der Waals surface area contributed by atoms with Crippen LogP contribution in [0.2, 0.25) is 0 Å². The van der Waals surface area contributed by atoms with E-state index in [4.69, 9.17) is 5.11 Å². The molecule has 0 aliphatic rings. The van der Waals surface area contributed by atoms with Crippen molar-refractivity contribution in [1.82, 2.24) is 15.0 Å². The van der Waals surface area contributed by atoms with Gasteiger partial charge < -0.3 is 5.11 Å². The lowest BCUT2D eigenvalue weighted by Gasteiger charge is -1.99. The summed E-state index contributed by atoms with van der Waals surface area (Å²) in [5, 5.41) is 17.0. The molecule has 1 aromatic carbocycles. The number of nitrogens with zero attached hydrogens (tertiary/aromatic N) is 3. The Morgan fingerprint density at radius 1 is 1.00 bits per heavy atom. The van der Waals surface area contributed by atoms with E-state index in [9.17, 15) is 0 Å². The van der Waals surface area contributed by atoms with E-state index in [1.54, 1.807) is 0 Å². The fraction of sp³-hybridized carbons (Fsp3) is 0.467. The Balaban J connectivity index is 1.76. The highest BCUT2D eigenvalue weighted by atomic mass is 16.2. The number of aryl methyl sites for hydroxylation is 1. The quantitative estimate of drug-likeness (QED) is 0.741. The molecular formula is C15H21N3O. The minimum absolute atomic E-state index is 0.299. The van der Waals surface area contributed by atoms with Crippen molar-refractivity contribution in [3.63, 3.8) is 0 Å². The zero-order valence-corrected chi connectivity index (χ0v) is 11.2. The van der Waals surface area contributed by atoms with Crippen molar-refractivity contribution < 1.29 is 5.11 Å². The molecule has 0 saturated heterocycles. The summed E-state index contributed by atoms with van der Waals surface area (Å²) in [6.07, 6.45) is 7.25. The molecule has 0 aliphatic heterocycles. The van der Waals surface area contributed by atoms with Crippen LogP contribution in [0.3, 0.4) is 0 Å². The van der Waals surface area contributed by atoms with Gasteiger partial charge in [-0.25, -0.2) is 4.68 Å². The van der Waals surface area contributed by atoms with Crippen LogP contribution < -0.4 is 0 Å². The van der Waals surface area contributed by atoms with Gasteiger partial charge in [0.25, 0.3) is 0 Å². The van der Waals surface area contributed by atoms with Gasteiger partial charge in [0.15, 0.2) is 0 Å². The molecule has 0 saturated carbocycles. The Hall–Kier alpha value is -1.68. The first kappa shape index (κ1) is 13.7. The normalized spacial score (nSPS) is 10.8. The number of aromatic nitrogens is 3. The number of hydrogen-bond donors (Lipinski definition) is 1. The van der Waals surface area contributed by atoms with Gasteiger partial charge in [-0.05, 0) is 24.8 Å². The summed E-state index contributed by atoms with van der Waals surface area (Å²) in [5.74, 6) is 0. The van der Waals surface area contributed by atoms with Gasteiger partial charge in [0, 0.05) is 12.8 Å². The van der Waals surface area contributed by atoms with Crippen LogP contribution in [0.15, 0.2) is 36.5 Å². The molecule has 0 fully saturated rings. The van der Waals surface area contributed by atoms with E-state index in [0.717, 1.165) is 44.3 Å². The van der Waals surface area contributed by atoms with Gasteiger partial charge in [-0.2, -0.15) is 0 Å². The van der Waals surface area contributed by atoms with Gasteiger partial charge in [0.05, 0.1) is 12.2 Å². The Morgan fingerprint density at radius 2 is 1.79 bits per heavy atom. The highest BCUT2D eigenvalue weighted by Gasteiger charge is 2.01. The van der Waals surface area contributed by atoms with Crippen LogP contribution in [0.25, 0.3) is 0 Å². The number of benzene rings is 1. The van der Waals surface area contributed by atoms with Crippen LogP contribution in [-0.2, 0) is 13.0 Å². The topological polar surface area (TPSA) is 50.9 Å². The van der Waals surface area contributed by atoms with E-state index in [1.807, 2.05) is 29.1 Å². The van der Waals surface area contributed by atoms with Crippen molar-refractivity contribution in [2.75, 3.05) is 6.61 Å². The monoisotopic (exact) mass is 259 g/mol. The van der Waals surface area contributed by atoms with Crippen molar-refractivity contribution in [1.29, 1.82) is 0 Å². The van der Waals surface area contributed by atoms with E-state index in [-0.39, 0.29) is 0 Å². The fourth-order valence-electron chi connectivity index (χ4n) is 2.07. The molecular weight excluding hydrogens is 238 g/mol. The minimum atomic E-state index is 0.299. The first-order valence-electron chi connectivity index (χ1n) is 6.92. The maximum absolute atomic E-state index is 8.70. The standard InChI is InChI=1S/C15H21N3O/c19-11-7-2-1-6-10-15-13-18(17-16-15)12-14-8-4-3-5-9-14/h3-5,8-9,13,19H,1-2,6-7,10-12H2. The van der Waals surface area contributed by atoms with Crippen LogP contribution in [0.4, 0.5) is 0 Å². The van der Waals surface area contributed by atoms with E-state index < -0.39 is 0 Å². The highest BCUT2D eigenvalue weighted by molar-refractivity contribution is 5.14. The second-order valence-corrected chi connectivity index (χ2v) is 4.78. The van der Waals surface area contributed by atoms with Gasteiger partial charge in [0.1, 0.15) is 0 Å². The number of unbranched alkanes of at least 4 members (excludes halogenated alkanes) is 3. The van der Waals surface area contributed by atoms with E-state index >= 15 is 0 Å². The Kier molecular flexibility index (Phi) is 5.56. The minimum Gasteiger partial charge on any atom is -0.396 e. The zero-order valence-electron chi connectivity index (χ0n) is 11.2. The van der Waals surface area contributed by atoms with Gasteiger partial charge in [-0.15, -0.1) is 5.10 Å². The first-order chi connectivity index (χ1) is 9.38. The van der Waals surface area contributed by atoms with Crippen LogP contribution in [0.5, 0.6) is 0 Å². The molecule has 0 unspecified atom stereocenters. The molecule has 0 atom stereocenters. The molecule has 0 radical (unpaired) electrons. The second-order valence-electron chi connectivity index (χ2n) is 4.78. The molecule has 102 valence electrons. The average Bonchev–Trinajstić information content (AvgIpc) is 2.87. The number of hydrogen-bond acceptors (Lipinski definition) is 3. The summed E-state index contributed by atoms with van der Waals surface area (Å²) >= 11 is 0. The van der Waals surface area contributed by atoms with Crippen molar-refractivity contribution in [3.05, 3.63) is 47.8 Å². The summed E-state index contributed by atoms with van der Waals surface area (Å²) in [5.41, 5.74) is 2.29. The van der Waals surface area contributed by atoms with Crippen LogP contribution in [-0.4, -0.2) is 26.7 Å². The third-order valence-corrected chi connectivity index (χ3v) is 3.11. The lowest BCUT2D eigenvalue weighted by atomic mass is 10.1. The fourth-order valence-corrected chi connectivity index (χ4v) is 2.07. The molecule has 19 heavy (non-hydrogen) atoms. The van der Waals surface area contributed by atoms with Gasteiger partial charge in [0.2, 0.25) is 0 Å². The maximum atomic E-state index is 8.70. The third-order valence-electron chi connectivity index (χ3n) is 3.11. The van der Waals surface area contributed by atoms with Crippen molar-refractivity contribution in [2.45, 2.75) is 38.6 Å². The van der Waals surface area contributed by atoms with E-state index in [1.165, 1.54) is 5.56 Å².